The van der Waals surface area contributed by atoms with E-state index in [0.717, 1.165) is 22.8 Å². The minimum Gasteiger partial charge on any atom is -0.494 e. The van der Waals surface area contributed by atoms with Crippen molar-refractivity contribution < 1.29 is 27.1 Å². The largest absolute Gasteiger partial charge is 0.494 e. The van der Waals surface area contributed by atoms with Gasteiger partial charge >= 0.3 is 0 Å². The quantitative estimate of drug-likeness (QED) is 0.573. The number of piperazine rings is 1. The summed E-state index contributed by atoms with van der Waals surface area (Å²) in [4.78, 5) is 26.8. The summed E-state index contributed by atoms with van der Waals surface area (Å²) in [7, 11) is -4.13. The van der Waals surface area contributed by atoms with Gasteiger partial charge in [-0.05, 0) is 55.5 Å². The molecule has 31 heavy (non-hydrogen) atoms. The van der Waals surface area contributed by atoms with Crippen LogP contribution in [0.5, 0.6) is 5.75 Å². The highest BCUT2D eigenvalue weighted by molar-refractivity contribution is 7.92. The summed E-state index contributed by atoms with van der Waals surface area (Å²) >= 11 is 0. The Bertz CT molecular complexity index is 1000. The first-order valence-electron chi connectivity index (χ1n) is 9.83. The Balaban J connectivity index is 1.89. The molecule has 0 unspecified atom stereocenters. The van der Waals surface area contributed by atoms with E-state index in [2.05, 4.69) is 0 Å². The summed E-state index contributed by atoms with van der Waals surface area (Å²) < 4.78 is 46.4. The molecule has 2 amide bonds. The van der Waals surface area contributed by atoms with Gasteiger partial charge in [-0.3, -0.25) is 13.9 Å². The molecule has 10 heteroatoms. The number of amides is 2. The number of halogens is 1. The van der Waals surface area contributed by atoms with E-state index in [-0.39, 0.29) is 16.5 Å². The minimum atomic E-state index is -4.13. The van der Waals surface area contributed by atoms with Crippen molar-refractivity contribution in [2.24, 2.45) is 0 Å². The molecule has 2 aromatic rings. The molecule has 0 aliphatic carbocycles. The molecule has 3 rings (SSSR count). The maximum atomic E-state index is 13.3. The van der Waals surface area contributed by atoms with Crippen molar-refractivity contribution in [3.8, 4) is 5.75 Å². The van der Waals surface area contributed by atoms with Gasteiger partial charge in [-0.15, -0.1) is 0 Å². The lowest BCUT2D eigenvalue weighted by Gasteiger charge is -2.34. The monoisotopic (exact) mass is 449 g/mol. The summed E-state index contributed by atoms with van der Waals surface area (Å²) in [5, 5.41) is 0. The molecule has 1 saturated heterocycles. The van der Waals surface area contributed by atoms with Crippen LogP contribution in [0.25, 0.3) is 0 Å². The number of carbonyl (C=O) groups excluding carboxylic acids is 2. The van der Waals surface area contributed by atoms with Crippen LogP contribution >= 0.6 is 0 Å². The van der Waals surface area contributed by atoms with E-state index in [0.29, 0.717) is 38.5 Å². The van der Waals surface area contributed by atoms with E-state index < -0.39 is 22.4 Å². The fourth-order valence-electron chi connectivity index (χ4n) is 3.22. The van der Waals surface area contributed by atoms with Crippen molar-refractivity contribution in [3.63, 3.8) is 0 Å². The van der Waals surface area contributed by atoms with Crippen LogP contribution in [0.2, 0.25) is 0 Å². The van der Waals surface area contributed by atoms with Crippen LogP contribution in [-0.2, 0) is 19.6 Å². The molecule has 0 saturated carbocycles. The molecular formula is C21H24FN3O5S. The average Bonchev–Trinajstić information content (AvgIpc) is 2.78. The second-order valence-electron chi connectivity index (χ2n) is 6.91. The van der Waals surface area contributed by atoms with Crippen LogP contribution in [0.4, 0.5) is 10.1 Å². The Morgan fingerprint density at radius 3 is 2.23 bits per heavy atom. The van der Waals surface area contributed by atoms with Crippen LogP contribution in [0.3, 0.4) is 0 Å². The zero-order valence-corrected chi connectivity index (χ0v) is 17.9. The predicted octanol–water partition coefficient (Wildman–Crippen LogP) is 1.72. The fourth-order valence-corrected chi connectivity index (χ4v) is 4.64. The zero-order valence-electron chi connectivity index (χ0n) is 17.1. The van der Waals surface area contributed by atoms with E-state index in [1.54, 1.807) is 29.2 Å². The molecule has 2 aromatic carbocycles. The molecule has 0 bridgehead atoms. The Hall–Kier alpha value is -3.14. The minimum absolute atomic E-state index is 0.124. The summed E-state index contributed by atoms with van der Waals surface area (Å²) in [6, 6.07) is 10.8. The maximum Gasteiger partial charge on any atom is 0.264 e. The number of anilines is 1. The zero-order chi connectivity index (χ0) is 22.4. The number of hydrogen-bond acceptors (Lipinski definition) is 5. The van der Waals surface area contributed by atoms with Gasteiger partial charge in [0.2, 0.25) is 12.3 Å². The molecule has 1 heterocycles. The molecule has 1 aliphatic heterocycles. The highest BCUT2D eigenvalue weighted by Crippen LogP contribution is 2.26. The molecule has 1 fully saturated rings. The molecule has 0 N–H and O–H groups in total. The standard InChI is InChI=1S/C21H24FN3O5S/c1-2-30-19-7-5-18(6-8-19)25(31(28,29)20-9-3-17(22)4-10-20)15-21(27)24-13-11-23(16-26)12-14-24/h3-10,16H,2,11-15H2,1H3. The van der Waals surface area contributed by atoms with E-state index in [9.17, 15) is 22.4 Å². The molecule has 166 valence electrons. The van der Waals surface area contributed by atoms with Gasteiger partial charge in [0.25, 0.3) is 10.0 Å². The third kappa shape index (κ3) is 5.32. The van der Waals surface area contributed by atoms with Crippen molar-refractivity contribution in [1.29, 1.82) is 0 Å². The smallest absolute Gasteiger partial charge is 0.264 e. The molecule has 0 spiro atoms. The van der Waals surface area contributed by atoms with Crippen LogP contribution in [0.15, 0.2) is 53.4 Å². The SMILES string of the molecule is CCOc1ccc(N(CC(=O)N2CCN(C=O)CC2)S(=O)(=O)c2ccc(F)cc2)cc1. The fraction of sp³-hybridized carbons (Fsp3) is 0.333. The van der Waals surface area contributed by atoms with E-state index >= 15 is 0 Å². The normalized spacial score (nSPS) is 14.3. The van der Waals surface area contributed by atoms with Crippen LogP contribution in [-0.4, -0.2) is 69.9 Å². The lowest BCUT2D eigenvalue weighted by molar-refractivity contribution is -0.133. The summed E-state index contributed by atoms with van der Waals surface area (Å²) in [6.45, 7) is 3.31. The van der Waals surface area contributed by atoms with Gasteiger partial charge < -0.3 is 14.5 Å². The van der Waals surface area contributed by atoms with Crippen molar-refractivity contribution in [3.05, 3.63) is 54.3 Å². The Kier molecular flexibility index (Phi) is 7.11. The average molecular weight is 450 g/mol. The molecule has 1 aliphatic rings. The first-order chi connectivity index (χ1) is 14.8. The first-order valence-corrected chi connectivity index (χ1v) is 11.3. The number of rotatable bonds is 8. The van der Waals surface area contributed by atoms with Gasteiger partial charge in [-0.1, -0.05) is 0 Å². The third-order valence-corrected chi connectivity index (χ3v) is 6.72. The van der Waals surface area contributed by atoms with Crippen molar-refractivity contribution in [1.82, 2.24) is 9.80 Å². The maximum absolute atomic E-state index is 13.3. The van der Waals surface area contributed by atoms with Gasteiger partial charge in [0.15, 0.2) is 0 Å². The van der Waals surface area contributed by atoms with E-state index in [1.165, 1.54) is 17.0 Å². The second kappa shape index (κ2) is 9.78. The Morgan fingerprint density at radius 2 is 1.68 bits per heavy atom. The molecule has 0 atom stereocenters. The lowest BCUT2D eigenvalue weighted by atomic mass is 10.3. The van der Waals surface area contributed by atoms with Crippen LogP contribution in [0, 0.1) is 5.82 Å². The number of nitrogens with zero attached hydrogens (tertiary/aromatic N) is 3. The van der Waals surface area contributed by atoms with Gasteiger partial charge in [-0.2, -0.15) is 0 Å². The summed E-state index contributed by atoms with van der Waals surface area (Å²) in [5.74, 6) is -0.373. The molecule has 0 radical (unpaired) electrons. The highest BCUT2D eigenvalue weighted by atomic mass is 32.2. The van der Waals surface area contributed by atoms with E-state index in [1.807, 2.05) is 6.92 Å². The number of hydrogen-bond donors (Lipinski definition) is 0. The van der Waals surface area contributed by atoms with Gasteiger partial charge in [0, 0.05) is 26.2 Å². The number of carbonyl (C=O) groups is 2. The Labute approximate surface area is 180 Å². The first kappa shape index (κ1) is 22.5. The molecule has 0 aromatic heterocycles. The highest BCUT2D eigenvalue weighted by Gasteiger charge is 2.30. The summed E-state index contributed by atoms with van der Waals surface area (Å²) in [5.41, 5.74) is 0.285. The molecule has 8 nitrogen and oxygen atoms in total. The van der Waals surface area contributed by atoms with E-state index in [4.69, 9.17) is 4.74 Å². The topological polar surface area (TPSA) is 87.2 Å². The van der Waals surface area contributed by atoms with Gasteiger partial charge in [0.05, 0.1) is 17.2 Å². The van der Waals surface area contributed by atoms with Gasteiger partial charge in [0.1, 0.15) is 18.1 Å². The van der Waals surface area contributed by atoms with Crippen LogP contribution < -0.4 is 9.04 Å². The third-order valence-electron chi connectivity index (χ3n) is 4.93. The number of benzene rings is 2. The Morgan fingerprint density at radius 1 is 1.06 bits per heavy atom. The van der Waals surface area contributed by atoms with Gasteiger partial charge in [-0.25, -0.2) is 12.8 Å². The van der Waals surface area contributed by atoms with Crippen molar-refractivity contribution in [2.75, 3.05) is 43.6 Å². The van der Waals surface area contributed by atoms with Crippen molar-refractivity contribution in [2.45, 2.75) is 11.8 Å². The predicted molar refractivity (Wildman–Crippen MR) is 113 cm³/mol. The second-order valence-corrected chi connectivity index (χ2v) is 8.78. The number of ether oxygens (including phenoxy) is 1. The molecular weight excluding hydrogens is 425 g/mol. The lowest BCUT2D eigenvalue weighted by Crippen LogP contribution is -2.51. The summed E-state index contributed by atoms with van der Waals surface area (Å²) in [6.07, 6.45) is 0.729. The number of sulfonamides is 1. The van der Waals surface area contributed by atoms with Crippen molar-refractivity contribution >= 4 is 28.0 Å². The van der Waals surface area contributed by atoms with Crippen LogP contribution in [0.1, 0.15) is 6.92 Å².